The molecule has 1 aromatic heterocycles. The molecule has 0 spiro atoms. The molecule has 3 N–H and O–H groups in total. The zero-order chi connectivity index (χ0) is 14.0. The Hall–Kier alpha value is -1.36. The number of furan rings is 1. The first kappa shape index (κ1) is 14.1. The molecule has 2 aromatic rings. The van der Waals surface area contributed by atoms with Gasteiger partial charge < -0.3 is 15.3 Å². The summed E-state index contributed by atoms with van der Waals surface area (Å²) in [7, 11) is 0. The van der Waals surface area contributed by atoms with Gasteiger partial charge in [-0.05, 0) is 24.6 Å². The predicted octanol–water partition coefficient (Wildman–Crippen LogP) is 3.16. The molecule has 0 aliphatic rings. The van der Waals surface area contributed by atoms with Crippen molar-refractivity contribution in [1.82, 2.24) is 0 Å². The summed E-state index contributed by atoms with van der Waals surface area (Å²) in [5.41, 5.74) is 6.60. The highest BCUT2D eigenvalue weighted by molar-refractivity contribution is 6.30. The van der Waals surface area contributed by atoms with Gasteiger partial charge in [-0.15, -0.1) is 0 Å². The van der Waals surface area contributed by atoms with Crippen LogP contribution in [0.2, 0.25) is 5.02 Å². The molecule has 19 heavy (non-hydrogen) atoms. The quantitative estimate of drug-likeness (QED) is 0.906. The fourth-order valence-corrected chi connectivity index (χ4v) is 2.33. The van der Waals surface area contributed by atoms with Gasteiger partial charge in [0.05, 0.1) is 17.4 Å². The van der Waals surface area contributed by atoms with Gasteiger partial charge in [-0.25, -0.2) is 4.39 Å². The van der Waals surface area contributed by atoms with E-state index >= 15 is 0 Å². The summed E-state index contributed by atoms with van der Waals surface area (Å²) in [5.74, 6) is -0.525. The molecular formula is C14H15ClFNO2. The molecule has 5 heteroatoms. The van der Waals surface area contributed by atoms with Crippen LogP contribution in [0.5, 0.6) is 0 Å². The van der Waals surface area contributed by atoms with Crippen LogP contribution in [0.25, 0.3) is 0 Å². The first-order valence-electron chi connectivity index (χ1n) is 5.92. The molecule has 2 atom stereocenters. The van der Waals surface area contributed by atoms with E-state index in [0.29, 0.717) is 16.9 Å². The van der Waals surface area contributed by atoms with Crippen molar-refractivity contribution >= 4 is 11.6 Å². The van der Waals surface area contributed by atoms with Gasteiger partial charge in [-0.1, -0.05) is 23.7 Å². The molecule has 1 aromatic carbocycles. The van der Waals surface area contributed by atoms with Crippen molar-refractivity contribution in [3.8, 4) is 0 Å². The maximum Gasteiger partial charge on any atom is 0.145 e. The van der Waals surface area contributed by atoms with E-state index in [9.17, 15) is 9.50 Å². The molecule has 0 aliphatic carbocycles. The standard InChI is InChI=1S/C14H15ClFNO2/c1-8-9(5-6-19-8)14(18)11(7-17)10-3-2-4-12(15)13(10)16/h2-6,11,14,18H,7,17H2,1H3. The first-order valence-corrected chi connectivity index (χ1v) is 6.30. The second kappa shape index (κ2) is 5.74. The van der Waals surface area contributed by atoms with Gasteiger partial charge in [0.15, 0.2) is 0 Å². The van der Waals surface area contributed by atoms with E-state index < -0.39 is 17.8 Å². The van der Waals surface area contributed by atoms with Gasteiger partial charge in [-0.2, -0.15) is 0 Å². The molecule has 0 saturated carbocycles. The van der Waals surface area contributed by atoms with Gasteiger partial charge in [0.25, 0.3) is 0 Å². The summed E-state index contributed by atoms with van der Waals surface area (Å²) in [6, 6.07) is 6.34. The molecule has 3 nitrogen and oxygen atoms in total. The highest BCUT2D eigenvalue weighted by atomic mass is 35.5. The lowest BCUT2D eigenvalue weighted by Crippen LogP contribution is -2.21. The summed E-state index contributed by atoms with van der Waals surface area (Å²) in [5, 5.41) is 10.4. The van der Waals surface area contributed by atoms with Crippen LogP contribution in [0.1, 0.15) is 28.9 Å². The Morgan fingerprint density at radius 2 is 2.11 bits per heavy atom. The highest BCUT2D eigenvalue weighted by Crippen LogP contribution is 2.35. The van der Waals surface area contributed by atoms with E-state index in [-0.39, 0.29) is 11.6 Å². The Bertz CT molecular complexity index is 570. The highest BCUT2D eigenvalue weighted by Gasteiger charge is 2.27. The monoisotopic (exact) mass is 283 g/mol. The van der Waals surface area contributed by atoms with Crippen LogP contribution in [0, 0.1) is 12.7 Å². The largest absolute Gasteiger partial charge is 0.469 e. The first-order chi connectivity index (χ1) is 9.06. The van der Waals surface area contributed by atoms with Gasteiger partial charge in [0, 0.05) is 18.0 Å². The van der Waals surface area contributed by atoms with Crippen LogP contribution in [0.3, 0.4) is 0 Å². The fourth-order valence-electron chi connectivity index (χ4n) is 2.15. The molecule has 2 unspecified atom stereocenters. The van der Waals surface area contributed by atoms with Gasteiger partial charge >= 0.3 is 0 Å². The molecule has 0 saturated heterocycles. The third-order valence-corrected chi connectivity index (χ3v) is 3.53. The average molecular weight is 284 g/mol. The van der Waals surface area contributed by atoms with Crippen LogP contribution in [0.4, 0.5) is 4.39 Å². The lowest BCUT2D eigenvalue weighted by molar-refractivity contribution is 0.144. The maximum absolute atomic E-state index is 14.0. The van der Waals surface area contributed by atoms with Gasteiger partial charge in [-0.3, -0.25) is 0 Å². The normalized spacial score (nSPS) is 14.4. The van der Waals surface area contributed by atoms with Gasteiger partial charge in [0.1, 0.15) is 11.6 Å². The summed E-state index contributed by atoms with van der Waals surface area (Å²) in [4.78, 5) is 0. The molecule has 0 amide bonds. The number of hydrogen-bond donors (Lipinski definition) is 2. The minimum Gasteiger partial charge on any atom is -0.469 e. The van der Waals surface area contributed by atoms with E-state index in [1.54, 1.807) is 25.1 Å². The predicted molar refractivity (Wildman–Crippen MR) is 71.6 cm³/mol. The molecule has 102 valence electrons. The number of benzene rings is 1. The van der Waals surface area contributed by atoms with Crippen LogP contribution in [-0.4, -0.2) is 11.7 Å². The Balaban J connectivity index is 2.40. The van der Waals surface area contributed by atoms with Crippen molar-refractivity contribution in [3.63, 3.8) is 0 Å². The number of aliphatic hydroxyl groups is 1. The van der Waals surface area contributed by atoms with Crippen LogP contribution in [-0.2, 0) is 0 Å². The summed E-state index contributed by atoms with van der Waals surface area (Å²) in [6.45, 7) is 1.84. The third kappa shape index (κ3) is 2.66. The summed E-state index contributed by atoms with van der Waals surface area (Å²) in [6.07, 6.45) is 0.548. The van der Waals surface area contributed by atoms with E-state index in [2.05, 4.69) is 0 Å². The smallest absolute Gasteiger partial charge is 0.145 e. The molecule has 1 heterocycles. The topological polar surface area (TPSA) is 59.4 Å². The SMILES string of the molecule is Cc1occc1C(O)C(CN)c1cccc(Cl)c1F. The maximum atomic E-state index is 14.0. The van der Waals surface area contributed by atoms with E-state index in [1.807, 2.05) is 0 Å². The number of halogens is 2. The Morgan fingerprint density at radius 1 is 1.37 bits per heavy atom. The van der Waals surface area contributed by atoms with Crippen LogP contribution < -0.4 is 5.73 Å². The number of aliphatic hydroxyl groups excluding tert-OH is 1. The van der Waals surface area contributed by atoms with Crippen LogP contribution >= 0.6 is 11.6 Å². The van der Waals surface area contributed by atoms with Crippen molar-refractivity contribution < 1.29 is 13.9 Å². The van der Waals surface area contributed by atoms with E-state index in [4.69, 9.17) is 21.8 Å². The van der Waals surface area contributed by atoms with Crippen LogP contribution in [0.15, 0.2) is 34.9 Å². The second-order valence-electron chi connectivity index (χ2n) is 4.36. The number of aryl methyl sites for hydroxylation is 1. The number of hydrogen-bond acceptors (Lipinski definition) is 3. The molecule has 0 bridgehead atoms. The lowest BCUT2D eigenvalue weighted by Gasteiger charge is -2.22. The lowest BCUT2D eigenvalue weighted by atomic mass is 9.89. The molecule has 0 radical (unpaired) electrons. The molecule has 0 fully saturated rings. The third-order valence-electron chi connectivity index (χ3n) is 3.23. The van der Waals surface area contributed by atoms with Crippen molar-refractivity contribution in [2.24, 2.45) is 5.73 Å². The Kier molecular flexibility index (Phi) is 4.24. The number of rotatable bonds is 4. The molecule has 0 aliphatic heterocycles. The summed E-state index contributed by atoms with van der Waals surface area (Å²) >= 11 is 5.76. The molecule has 2 rings (SSSR count). The zero-order valence-electron chi connectivity index (χ0n) is 10.4. The van der Waals surface area contributed by atoms with Crippen molar-refractivity contribution in [1.29, 1.82) is 0 Å². The van der Waals surface area contributed by atoms with Crippen molar-refractivity contribution in [2.75, 3.05) is 6.54 Å². The zero-order valence-corrected chi connectivity index (χ0v) is 11.2. The molecular weight excluding hydrogens is 269 g/mol. The number of nitrogens with two attached hydrogens (primary N) is 1. The minimum atomic E-state index is -0.934. The van der Waals surface area contributed by atoms with E-state index in [0.717, 1.165) is 0 Å². The second-order valence-corrected chi connectivity index (χ2v) is 4.77. The Labute approximate surface area is 115 Å². The summed E-state index contributed by atoms with van der Waals surface area (Å²) < 4.78 is 19.2. The van der Waals surface area contributed by atoms with Gasteiger partial charge in [0.2, 0.25) is 0 Å². The van der Waals surface area contributed by atoms with Crippen molar-refractivity contribution in [2.45, 2.75) is 18.9 Å². The minimum absolute atomic E-state index is 0.0204. The van der Waals surface area contributed by atoms with E-state index in [1.165, 1.54) is 12.3 Å². The average Bonchev–Trinajstić information content (AvgIpc) is 2.81. The Morgan fingerprint density at radius 3 is 2.68 bits per heavy atom. The fraction of sp³-hybridized carbons (Fsp3) is 0.286. The van der Waals surface area contributed by atoms with Crippen molar-refractivity contribution in [3.05, 3.63) is 58.3 Å².